The van der Waals surface area contributed by atoms with Gasteiger partial charge in [-0.05, 0) is 95.6 Å². The van der Waals surface area contributed by atoms with Crippen molar-refractivity contribution in [3.63, 3.8) is 0 Å². The standard InChI is InChI=1S/C33H35FN4OS/c1-33(2)16-15-30(36-40-25-12-9-23(34)10-13-25)28-19-24(11-14-29(28)33)38(21-31-35-17-18-37(31)3)32(39)27-20-26(27)22-7-5-4-6-8-22/h4-14,17-19,26-27,30,36H,15-16,20-21H2,1-3H3. The molecule has 0 aliphatic heterocycles. The summed E-state index contributed by atoms with van der Waals surface area (Å²) in [5.41, 5.74) is 4.69. The zero-order valence-corrected chi connectivity index (χ0v) is 24.0. The molecular formula is C33H35FN4OS. The van der Waals surface area contributed by atoms with Crippen LogP contribution < -0.4 is 9.62 Å². The second-order valence-electron chi connectivity index (χ2n) is 11.7. The molecule has 2 aliphatic rings. The van der Waals surface area contributed by atoms with Gasteiger partial charge in [0.15, 0.2) is 0 Å². The molecule has 0 spiro atoms. The maximum Gasteiger partial charge on any atom is 0.231 e. The lowest BCUT2D eigenvalue weighted by Crippen LogP contribution is -2.35. The molecule has 1 N–H and O–H groups in total. The van der Waals surface area contributed by atoms with Crippen molar-refractivity contribution < 1.29 is 9.18 Å². The molecule has 1 saturated carbocycles. The van der Waals surface area contributed by atoms with Crippen molar-refractivity contribution in [3.8, 4) is 0 Å². The van der Waals surface area contributed by atoms with E-state index in [1.165, 1.54) is 40.8 Å². The molecule has 3 aromatic carbocycles. The number of rotatable bonds is 8. The lowest BCUT2D eigenvalue weighted by Gasteiger charge is -2.38. The molecule has 1 amide bonds. The fourth-order valence-corrected chi connectivity index (χ4v) is 6.70. The molecule has 7 heteroatoms. The van der Waals surface area contributed by atoms with Crippen LogP contribution in [0.5, 0.6) is 0 Å². The monoisotopic (exact) mass is 554 g/mol. The van der Waals surface area contributed by atoms with E-state index < -0.39 is 0 Å². The molecule has 0 saturated heterocycles. The average molecular weight is 555 g/mol. The number of nitrogens with zero attached hydrogens (tertiary/aromatic N) is 3. The highest BCUT2D eigenvalue weighted by atomic mass is 32.2. The smallest absolute Gasteiger partial charge is 0.231 e. The lowest BCUT2D eigenvalue weighted by molar-refractivity contribution is -0.120. The van der Waals surface area contributed by atoms with E-state index in [0.29, 0.717) is 6.54 Å². The molecular weight excluding hydrogens is 519 g/mol. The fourth-order valence-electron chi connectivity index (χ4n) is 5.91. The van der Waals surface area contributed by atoms with Crippen molar-refractivity contribution in [2.24, 2.45) is 13.0 Å². The van der Waals surface area contributed by atoms with Crippen LogP contribution in [0.25, 0.3) is 0 Å². The predicted molar refractivity (Wildman–Crippen MR) is 159 cm³/mol. The summed E-state index contributed by atoms with van der Waals surface area (Å²) in [6.45, 7) is 5.01. The Bertz CT molecular complexity index is 1500. The van der Waals surface area contributed by atoms with E-state index in [-0.39, 0.29) is 35.0 Å². The fraction of sp³-hybridized carbons (Fsp3) is 0.333. The normalized spacial score (nSPS) is 21.1. The van der Waals surface area contributed by atoms with Gasteiger partial charge in [0.25, 0.3) is 0 Å². The Morgan fingerprint density at radius 2 is 1.90 bits per heavy atom. The summed E-state index contributed by atoms with van der Waals surface area (Å²) < 4.78 is 19.0. The number of halogens is 1. The predicted octanol–water partition coefficient (Wildman–Crippen LogP) is 7.31. The Labute approximate surface area is 240 Å². The molecule has 1 aromatic heterocycles. The number of hydrogen-bond acceptors (Lipinski definition) is 4. The number of carbonyl (C=O) groups is 1. The average Bonchev–Trinajstić information content (AvgIpc) is 3.67. The first-order chi connectivity index (χ1) is 19.3. The highest BCUT2D eigenvalue weighted by Gasteiger charge is 2.46. The van der Waals surface area contributed by atoms with Gasteiger partial charge in [0.1, 0.15) is 11.6 Å². The van der Waals surface area contributed by atoms with E-state index in [2.05, 4.69) is 53.9 Å². The van der Waals surface area contributed by atoms with Crippen LogP contribution in [0.1, 0.15) is 67.6 Å². The van der Waals surface area contributed by atoms with Gasteiger partial charge in [0.05, 0.1) is 6.54 Å². The van der Waals surface area contributed by atoms with E-state index in [9.17, 15) is 9.18 Å². The summed E-state index contributed by atoms with van der Waals surface area (Å²) >= 11 is 1.53. The topological polar surface area (TPSA) is 50.2 Å². The van der Waals surface area contributed by atoms with Gasteiger partial charge in [0.2, 0.25) is 5.91 Å². The van der Waals surface area contributed by atoms with E-state index in [1.807, 2.05) is 40.9 Å². The van der Waals surface area contributed by atoms with Crippen molar-refractivity contribution in [2.75, 3.05) is 4.90 Å². The molecule has 2 aliphatic carbocycles. The van der Waals surface area contributed by atoms with Crippen molar-refractivity contribution in [1.82, 2.24) is 14.3 Å². The van der Waals surface area contributed by atoms with Crippen molar-refractivity contribution >= 4 is 23.5 Å². The van der Waals surface area contributed by atoms with Crippen molar-refractivity contribution in [1.29, 1.82) is 0 Å². The molecule has 40 heavy (non-hydrogen) atoms. The molecule has 6 rings (SSSR count). The molecule has 1 heterocycles. The van der Waals surface area contributed by atoms with Crippen LogP contribution >= 0.6 is 11.9 Å². The summed E-state index contributed by atoms with van der Waals surface area (Å²) in [6.07, 6.45) is 6.60. The summed E-state index contributed by atoms with van der Waals surface area (Å²) in [5, 5.41) is 0. The van der Waals surface area contributed by atoms with Gasteiger partial charge >= 0.3 is 0 Å². The van der Waals surface area contributed by atoms with Gasteiger partial charge in [-0.25, -0.2) is 9.37 Å². The van der Waals surface area contributed by atoms with Crippen molar-refractivity contribution in [3.05, 3.63) is 114 Å². The van der Waals surface area contributed by atoms with Crippen LogP contribution in [0, 0.1) is 11.7 Å². The van der Waals surface area contributed by atoms with Crippen LogP contribution in [0.2, 0.25) is 0 Å². The number of benzene rings is 3. The van der Waals surface area contributed by atoms with Gasteiger partial charge in [-0.15, -0.1) is 0 Å². The van der Waals surface area contributed by atoms with Crippen LogP contribution in [0.4, 0.5) is 10.1 Å². The first kappa shape index (κ1) is 26.8. The first-order valence-electron chi connectivity index (χ1n) is 13.9. The number of aromatic nitrogens is 2. The maximum atomic E-state index is 14.1. The second-order valence-corrected chi connectivity index (χ2v) is 12.6. The summed E-state index contributed by atoms with van der Waals surface area (Å²) in [7, 11) is 1.97. The number of anilines is 1. The van der Waals surface area contributed by atoms with Gasteiger partial charge in [-0.1, -0.05) is 50.2 Å². The third kappa shape index (κ3) is 5.45. The van der Waals surface area contributed by atoms with Crippen molar-refractivity contribution in [2.45, 2.75) is 61.9 Å². The zero-order chi connectivity index (χ0) is 27.9. The highest BCUT2D eigenvalue weighted by molar-refractivity contribution is 7.97. The van der Waals surface area contributed by atoms with Crippen LogP contribution in [-0.4, -0.2) is 15.5 Å². The van der Waals surface area contributed by atoms with E-state index in [4.69, 9.17) is 0 Å². The Morgan fingerprint density at radius 3 is 2.62 bits per heavy atom. The second kappa shape index (κ2) is 10.9. The Hall–Kier alpha value is -3.42. The molecule has 0 bridgehead atoms. The maximum absolute atomic E-state index is 14.1. The molecule has 0 radical (unpaired) electrons. The number of carbonyl (C=O) groups excluding carboxylic acids is 1. The highest BCUT2D eigenvalue weighted by Crippen LogP contribution is 2.50. The number of amides is 1. The largest absolute Gasteiger partial charge is 0.337 e. The minimum absolute atomic E-state index is 0.0295. The zero-order valence-electron chi connectivity index (χ0n) is 23.2. The molecule has 3 unspecified atom stereocenters. The number of aryl methyl sites for hydroxylation is 1. The third-order valence-corrected chi connectivity index (χ3v) is 9.37. The van der Waals surface area contributed by atoms with E-state index in [1.54, 1.807) is 18.3 Å². The minimum atomic E-state index is -0.235. The SMILES string of the molecule is Cn1ccnc1CN(C(=O)C1CC1c1ccccc1)c1ccc2c(c1)C(NSc1ccc(F)cc1)CCC2(C)C. The van der Waals surface area contributed by atoms with Crippen LogP contribution in [-0.2, 0) is 23.8 Å². The number of imidazole rings is 1. The van der Waals surface area contributed by atoms with E-state index >= 15 is 0 Å². The molecule has 206 valence electrons. The Balaban J connectivity index is 1.31. The molecule has 1 fully saturated rings. The Morgan fingerprint density at radius 1 is 1.12 bits per heavy atom. The van der Waals surface area contributed by atoms with Gasteiger partial charge < -0.3 is 9.47 Å². The lowest BCUT2D eigenvalue weighted by atomic mass is 9.71. The van der Waals surface area contributed by atoms with Crippen LogP contribution in [0.3, 0.4) is 0 Å². The van der Waals surface area contributed by atoms with Gasteiger partial charge in [0, 0.05) is 42.0 Å². The van der Waals surface area contributed by atoms with Crippen LogP contribution in [0.15, 0.2) is 90.1 Å². The molecule has 4 aromatic rings. The third-order valence-electron chi connectivity index (χ3n) is 8.46. The summed E-state index contributed by atoms with van der Waals surface area (Å²) in [5.74, 6) is 0.997. The van der Waals surface area contributed by atoms with Gasteiger partial charge in [-0.2, -0.15) is 0 Å². The summed E-state index contributed by atoms with van der Waals surface area (Å²) in [4.78, 5) is 21.5. The number of fused-ring (bicyclic) bond motifs is 1. The van der Waals surface area contributed by atoms with Gasteiger partial charge in [-0.3, -0.25) is 9.52 Å². The quantitative estimate of drug-likeness (QED) is 0.232. The number of hydrogen-bond donors (Lipinski definition) is 1. The summed E-state index contributed by atoms with van der Waals surface area (Å²) in [6, 6.07) is 23.6. The molecule has 5 nitrogen and oxygen atoms in total. The Kier molecular flexibility index (Phi) is 7.27. The number of nitrogens with one attached hydrogen (secondary N) is 1. The minimum Gasteiger partial charge on any atom is -0.337 e. The molecule has 3 atom stereocenters. The first-order valence-corrected chi connectivity index (χ1v) is 14.8. The van der Waals surface area contributed by atoms with E-state index in [0.717, 1.165) is 35.7 Å².